The van der Waals surface area contributed by atoms with Crippen LogP contribution in [-0.2, 0) is 11.3 Å². The molecule has 3 aromatic rings. The van der Waals surface area contributed by atoms with Gasteiger partial charge in [0.15, 0.2) is 0 Å². The van der Waals surface area contributed by atoms with Crippen molar-refractivity contribution in [3.05, 3.63) is 74.7 Å². The molecule has 0 fully saturated rings. The van der Waals surface area contributed by atoms with Crippen molar-refractivity contribution in [2.75, 3.05) is 20.3 Å². The summed E-state index contributed by atoms with van der Waals surface area (Å²) in [5, 5.41) is 0.525. The second kappa shape index (κ2) is 8.25. The van der Waals surface area contributed by atoms with Crippen LogP contribution < -0.4 is 5.56 Å². The van der Waals surface area contributed by atoms with Gasteiger partial charge in [-0.1, -0.05) is 24.3 Å². The zero-order valence-electron chi connectivity index (χ0n) is 14.2. The molecule has 0 saturated heterocycles. The Hall–Kier alpha value is -2.51. The molecular formula is C19H18BrN3O3. The van der Waals surface area contributed by atoms with Crippen molar-refractivity contribution < 1.29 is 9.53 Å². The summed E-state index contributed by atoms with van der Waals surface area (Å²) in [5.74, 6) is 0.274. The van der Waals surface area contributed by atoms with E-state index in [1.807, 2.05) is 24.3 Å². The summed E-state index contributed by atoms with van der Waals surface area (Å²) >= 11 is 3.41. The fraction of sp³-hybridized carbons (Fsp3) is 0.211. The number of nitrogens with one attached hydrogen (secondary N) is 1. The number of hydrogen-bond acceptors (Lipinski definition) is 4. The summed E-state index contributed by atoms with van der Waals surface area (Å²) in [5.41, 5.74) is 0.934. The summed E-state index contributed by atoms with van der Waals surface area (Å²) in [6.45, 7) is 0.949. The van der Waals surface area contributed by atoms with Gasteiger partial charge in [0.05, 0.1) is 29.6 Å². The molecule has 0 bridgehead atoms. The van der Waals surface area contributed by atoms with E-state index in [0.29, 0.717) is 39.9 Å². The van der Waals surface area contributed by atoms with Crippen molar-refractivity contribution in [2.24, 2.45) is 0 Å². The Bertz CT molecular complexity index is 987. The molecule has 0 spiro atoms. The standard InChI is InChI=1S/C19H18BrN3O3/c1-26-11-10-23(19(25)13-6-2-4-8-15(13)20)12-17-21-16-9-5-3-7-14(16)18(24)22-17/h2-9H,10-12H2,1H3,(H,21,22,24). The number of fused-ring (bicyclic) bond motifs is 1. The second-order valence-corrected chi connectivity index (χ2v) is 6.58. The zero-order chi connectivity index (χ0) is 18.5. The summed E-state index contributed by atoms with van der Waals surface area (Å²) in [7, 11) is 1.58. The van der Waals surface area contributed by atoms with Crippen molar-refractivity contribution in [1.82, 2.24) is 14.9 Å². The maximum absolute atomic E-state index is 12.9. The zero-order valence-corrected chi connectivity index (χ0v) is 15.8. The van der Waals surface area contributed by atoms with E-state index in [1.165, 1.54) is 0 Å². The molecule has 0 aliphatic rings. The lowest BCUT2D eigenvalue weighted by molar-refractivity contribution is 0.0674. The lowest BCUT2D eigenvalue weighted by atomic mass is 10.2. The van der Waals surface area contributed by atoms with Crippen molar-refractivity contribution >= 4 is 32.7 Å². The first kappa shape index (κ1) is 18.3. The van der Waals surface area contributed by atoms with Crippen LogP contribution in [-0.4, -0.2) is 41.0 Å². The van der Waals surface area contributed by atoms with Crippen LogP contribution in [0.15, 0.2) is 57.8 Å². The topological polar surface area (TPSA) is 75.3 Å². The molecule has 2 aromatic carbocycles. The third-order valence-electron chi connectivity index (χ3n) is 3.96. The normalized spacial score (nSPS) is 10.8. The summed E-state index contributed by atoms with van der Waals surface area (Å²) < 4.78 is 5.84. The van der Waals surface area contributed by atoms with Crippen LogP contribution in [0.3, 0.4) is 0 Å². The highest BCUT2D eigenvalue weighted by molar-refractivity contribution is 9.10. The fourth-order valence-corrected chi connectivity index (χ4v) is 3.10. The largest absolute Gasteiger partial charge is 0.383 e. The lowest BCUT2D eigenvalue weighted by Crippen LogP contribution is -2.35. The summed E-state index contributed by atoms with van der Waals surface area (Å²) in [6.07, 6.45) is 0. The Balaban J connectivity index is 1.93. The number of carbonyl (C=O) groups excluding carboxylic acids is 1. The van der Waals surface area contributed by atoms with Gasteiger partial charge in [0.25, 0.3) is 11.5 Å². The van der Waals surface area contributed by atoms with Gasteiger partial charge in [-0.2, -0.15) is 0 Å². The van der Waals surface area contributed by atoms with Crippen LogP contribution in [0.2, 0.25) is 0 Å². The Labute approximate surface area is 158 Å². The predicted molar refractivity (Wildman–Crippen MR) is 103 cm³/mol. The molecule has 0 radical (unpaired) electrons. The molecule has 3 rings (SSSR count). The summed E-state index contributed by atoms with van der Waals surface area (Å²) in [6, 6.07) is 14.4. The number of ether oxygens (including phenoxy) is 1. The Kier molecular flexibility index (Phi) is 5.80. The van der Waals surface area contributed by atoms with E-state index in [0.717, 1.165) is 0 Å². The van der Waals surface area contributed by atoms with Crippen molar-refractivity contribution in [2.45, 2.75) is 6.54 Å². The first-order valence-electron chi connectivity index (χ1n) is 8.11. The third kappa shape index (κ3) is 4.00. The number of aromatic nitrogens is 2. The van der Waals surface area contributed by atoms with Gasteiger partial charge in [-0.15, -0.1) is 0 Å². The number of benzene rings is 2. The molecule has 26 heavy (non-hydrogen) atoms. The number of amides is 1. The highest BCUT2D eigenvalue weighted by atomic mass is 79.9. The number of para-hydroxylation sites is 1. The van der Waals surface area contributed by atoms with E-state index in [4.69, 9.17) is 4.74 Å². The van der Waals surface area contributed by atoms with Crippen LogP contribution in [0, 0.1) is 0 Å². The van der Waals surface area contributed by atoms with Crippen LogP contribution in [0.4, 0.5) is 0 Å². The van der Waals surface area contributed by atoms with E-state index >= 15 is 0 Å². The minimum Gasteiger partial charge on any atom is -0.383 e. The first-order chi connectivity index (χ1) is 12.6. The number of methoxy groups -OCH3 is 1. The number of nitrogens with zero attached hydrogens (tertiary/aromatic N) is 2. The van der Waals surface area contributed by atoms with E-state index in [2.05, 4.69) is 25.9 Å². The van der Waals surface area contributed by atoms with Crippen LogP contribution in [0.5, 0.6) is 0 Å². The molecule has 1 amide bonds. The molecule has 134 valence electrons. The van der Waals surface area contributed by atoms with Crippen LogP contribution in [0.1, 0.15) is 16.2 Å². The van der Waals surface area contributed by atoms with Crippen molar-refractivity contribution in [1.29, 1.82) is 0 Å². The van der Waals surface area contributed by atoms with E-state index in [1.54, 1.807) is 36.3 Å². The SMILES string of the molecule is COCCN(Cc1nc2ccccc2c(=O)[nH]1)C(=O)c1ccccc1Br. The van der Waals surface area contributed by atoms with Gasteiger partial charge < -0.3 is 14.6 Å². The van der Waals surface area contributed by atoms with Gasteiger partial charge in [-0.05, 0) is 40.2 Å². The van der Waals surface area contributed by atoms with Crippen LogP contribution >= 0.6 is 15.9 Å². The number of carbonyl (C=O) groups is 1. The smallest absolute Gasteiger partial charge is 0.258 e. The highest BCUT2D eigenvalue weighted by Crippen LogP contribution is 2.19. The molecule has 6 nitrogen and oxygen atoms in total. The third-order valence-corrected chi connectivity index (χ3v) is 4.65. The number of aromatic amines is 1. The first-order valence-corrected chi connectivity index (χ1v) is 8.90. The second-order valence-electron chi connectivity index (χ2n) is 5.73. The fourth-order valence-electron chi connectivity index (χ4n) is 2.65. The quantitative estimate of drug-likeness (QED) is 0.671. The number of rotatable bonds is 6. The van der Waals surface area contributed by atoms with E-state index < -0.39 is 0 Å². The average Bonchev–Trinajstić information content (AvgIpc) is 2.65. The van der Waals surface area contributed by atoms with E-state index in [-0.39, 0.29) is 18.0 Å². The molecule has 1 N–H and O–H groups in total. The predicted octanol–water partition coefficient (Wildman–Crippen LogP) is 2.97. The molecule has 0 atom stereocenters. The molecule has 0 aliphatic heterocycles. The molecule has 7 heteroatoms. The van der Waals surface area contributed by atoms with Crippen molar-refractivity contribution in [3.63, 3.8) is 0 Å². The molecule has 0 unspecified atom stereocenters. The minimum absolute atomic E-state index is 0.162. The number of halogens is 1. The van der Waals surface area contributed by atoms with Gasteiger partial charge in [-0.3, -0.25) is 9.59 Å². The molecule has 1 aromatic heterocycles. The Morgan fingerprint density at radius 1 is 1.19 bits per heavy atom. The average molecular weight is 416 g/mol. The highest BCUT2D eigenvalue weighted by Gasteiger charge is 2.19. The van der Waals surface area contributed by atoms with Gasteiger partial charge in [0.1, 0.15) is 5.82 Å². The maximum atomic E-state index is 12.9. The van der Waals surface area contributed by atoms with Crippen molar-refractivity contribution in [3.8, 4) is 0 Å². The lowest BCUT2D eigenvalue weighted by Gasteiger charge is -2.22. The summed E-state index contributed by atoms with van der Waals surface area (Å²) in [4.78, 5) is 34.1. The molecular weight excluding hydrogens is 398 g/mol. The number of hydrogen-bond donors (Lipinski definition) is 1. The van der Waals surface area contributed by atoms with Gasteiger partial charge in [0.2, 0.25) is 0 Å². The Morgan fingerprint density at radius 2 is 1.92 bits per heavy atom. The molecule has 1 heterocycles. The number of H-pyrrole nitrogens is 1. The van der Waals surface area contributed by atoms with Gasteiger partial charge in [0, 0.05) is 18.1 Å². The molecule has 0 aliphatic carbocycles. The van der Waals surface area contributed by atoms with Gasteiger partial charge >= 0.3 is 0 Å². The van der Waals surface area contributed by atoms with Crippen LogP contribution in [0.25, 0.3) is 10.9 Å². The van der Waals surface area contributed by atoms with Gasteiger partial charge in [-0.25, -0.2) is 4.98 Å². The minimum atomic E-state index is -0.217. The maximum Gasteiger partial charge on any atom is 0.258 e. The molecule has 0 saturated carbocycles. The Morgan fingerprint density at radius 3 is 2.69 bits per heavy atom. The van der Waals surface area contributed by atoms with E-state index in [9.17, 15) is 9.59 Å². The monoisotopic (exact) mass is 415 g/mol.